The fraction of sp³-hybridized carbons (Fsp3) is 0.286. The van der Waals surface area contributed by atoms with Gasteiger partial charge in [-0.3, -0.25) is 14.6 Å². The van der Waals surface area contributed by atoms with Gasteiger partial charge in [-0.15, -0.1) is 0 Å². The van der Waals surface area contributed by atoms with E-state index in [1.807, 2.05) is 49.3 Å². The Bertz CT molecular complexity index is 847. The molecule has 1 aromatic carbocycles. The highest BCUT2D eigenvalue weighted by Gasteiger charge is 2.45. The Morgan fingerprint density at radius 2 is 1.78 bits per heavy atom. The molecule has 140 valence electrons. The number of carbonyl (C=O) groups is 2. The van der Waals surface area contributed by atoms with E-state index in [4.69, 9.17) is 0 Å². The summed E-state index contributed by atoms with van der Waals surface area (Å²) in [4.78, 5) is 33.0. The van der Waals surface area contributed by atoms with Gasteiger partial charge in [0.15, 0.2) is 0 Å². The molecule has 1 unspecified atom stereocenters. The Labute approximate surface area is 158 Å². The third-order valence-corrected chi connectivity index (χ3v) is 4.61. The number of amides is 1. The third-order valence-electron chi connectivity index (χ3n) is 4.61. The van der Waals surface area contributed by atoms with Crippen molar-refractivity contribution < 1.29 is 14.7 Å². The first-order chi connectivity index (χ1) is 13.0. The summed E-state index contributed by atoms with van der Waals surface area (Å²) >= 11 is 0. The van der Waals surface area contributed by atoms with Gasteiger partial charge in [0.05, 0.1) is 11.6 Å². The number of hydrogen-bond donors (Lipinski definition) is 1. The maximum atomic E-state index is 12.8. The van der Waals surface area contributed by atoms with Gasteiger partial charge >= 0.3 is 0 Å². The second-order valence-corrected chi connectivity index (χ2v) is 6.80. The van der Waals surface area contributed by atoms with Crippen molar-refractivity contribution in [3.8, 4) is 0 Å². The Balaban J connectivity index is 2.05. The molecule has 1 amide bonds. The highest BCUT2D eigenvalue weighted by atomic mass is 16.3. The molecule has 0 radical (unpaired) electrons. The number of benzene rings is 1. The number of hydrogen-bond acceptors (Lipinski definition) is 5. The van der Waals surface area contributed by atoms with Crippen LogP contribution in [0.15, 0.2) is 60.4 Å². The Kier molecular flexibility index (Phi) is 5.66. The van der Waals surface area contributed by atoms with Crippen LogP contribution in [-0.4, -0.2) is 58.8 Å². The van der Waals surface area contributed by atoms with Crippen molar-refractivity contribution in [1.29, 1.82) is 0 Å². The first-order valence-electron chi connectivity index (χ1n) is 8.89. The van der Waals surface area contributed by atoms with Crippen molar-refractivity contribution in [2.75, 3.05) is 27.2 Å². The van der Waals surface area contributed by atoms with Gasteiger partial charge in [-0.25, -0.2) is 0 Å². The Morgan fingerprint density at radius 3 is 2.41 bits per heavy atom. The van der Waals surface area contributed by atoms with Crippen molar-refractivity contribution in [3.63, 3.8) is 0 Å². The molecule has 1 aliphatic rings. The molecule has 0 saturated carbocycles. The van der Waals surface area contributed by atoms with Crippen LogP contribution in [0.25, 0.3) is 5.76 Å². The lowest BCUT2D eigenvalue weighted by Gasteiger charge is -2.25. The molecule has 1 saturated heterocycles. The minimum atomic E-state index is -0.650. The molecule has 0 aliphatic carbocycles. The molecule has 27 heavy (non-hydrogen) atoms. The van der Waals surface area contributed by atoms with Gasteiger partial charge in [-0.05, 0) is 44.8 Å². The molecule has 1 atom stereocenters. The van der Waals surface area contributed by atoms with Crippen molar-refractivity contribution in [2.24, 2.45) is 0 Å². The molecule has 0 spiro atoms. The molecule has 6 nitrogen and oxygen atoms in total. The molecule has 1 aromatic heterocycles. The number of Topliss-reactive ketones (excluding diaryl/α,β-unsaturated/α-hetero) is 1. The summed E-state index contributed by atoms with van der Waals surface area (Å²) in [6.45, 7) is 1.24. The summed E-state index contributed by atoms with van der Waals surface area (Å²) in [7, 11) is 3.93. The van der Waals surface area contributed by atoms with Gasteiger partial charge in [-0.1, -0.05) is 30.3 Å². The maximum Gasteiger partial charge on any atom is 0.295 e. The molecule has 3 rings (SSSR count). The van der Waals surface area contributed by atoms with E-state index in [2.05, 4.69) is 4.98 Å². The number of carbonyl (C=O) groups excluding carboxylic acids is 2. The number of nitrogens with zero attached hydrogens (tertiary/aromatic N) is 3. The molecule has 1 N–H and O–H groups in total. The number of likely N-dealkylation sites (tertiary alicyclic amines) is 1. The average molecular weight is 365 g/mol. The summed E-state index contributed by atoms with van der Waals surface area (Å²) in [6, 6.07) is 12.0. The van der Waals surface area contributed by atoms with Gasteiger partial charge in [0.2, 0.25) is 0 Å². The van der Waals surface area contributed by atoms with Crippen LogP contribution in [0.4, 0.5) is 0 Å². The lowest BCUT2D eigenvalue weighted by Crippen LogP contribution is -2.32. The van der Waals surface area contributed by atoms with E-state index in [9.17, 15) is 14.7 Å². The first kappa shape index (κ1) is 18.8. The van der Waals surface area contributed by atoms with E-state index in [1.54, 1.807) is 29.4 Å². The van der Waals surface area contributed by atoms with Crippen LogP contribution in [0.3, 0.4) is 0 Å². The maximum absolute atomic E-state index is 12.8. The number of aromatic nitrogens is 1. The van der Waals surface area contributed by atoms with E-state index in [-0.39, 0.29) is 11.3 Å². The zero-order valence-electron chi connectivity index (χ0n) is 15.5. The quantitative estimate of drug-likeness (QED) is 0.484. The van der Waals surface area contributed by atoms with E-state index in [0.717, 1.165) is 18.5 Å². The van der Waals surface area contributed by atoms with E-state index in [0.29, 0.717) is 12.1 Å². The molecule has 2 aromatic rings. The summed E-state index contributed by atoms with van der Waals surface area (Å²) in [5, 5.41) is 10.8. The lowest BCUT2D eigenvalue weighted by atomic mass is 9.95. The van der Waals surface area contributed by atoms with Crippen LogP contribution in [0.5, 0.6) is 0 Å². The van der Waals surface area contributed by atoms with Crippen molar-refractivity contribution in [3.05, 3.63) is 71.6 Å². The highest BCUT2D eigenvalue weighted by molar-refractivity contribution is 6.46. The van der Waals surface area contributed by atoms with Gasteiger partial charge in [0, 0.05) is 24.5 Å². The highest BCUT2D eigenvalue weighted by Crippen LogP contribution is 2.39. The molecule has 1 aliphatic heterocycles. The van der Waals surface area contributed by atoms with Crippen LogP contribution in [-0.2, 0) is 9.59 Å². The second kappa shape index (κ2) is 8.14. The van der Waals surface area contributed by atoms with Crippen molar-refractivity contribution in [2.45, 2.75) is 12.5 Å². The molecule has 1 fully saturated rings. The second-order valence-electron chi connectivity index (χ2n) is 6.80. The number of pyridine rings is 1. The van der Waals surface area contributed by atoms with Crippen LogP contribution < -0.4 is 0 Å². The van der Waals surface area contributed by atoms with Gasteiger partial charge in [0.25, 0.3) is 11.7 Å². The minimum absolute atomic E-state index is 0.127. The third kappa shape index (κ3) is 3.90. The number of rotatable bonds is 6. The van der Waals surface area contributed by atoms with Gasteiger partial charge < -0.3 is 14.9 Å². The largest absolute Gasteiger partial charge is 0.507 e. The van der Waals surface area contributed by atoms with E-state index in [1.165, 1.54) is 0 Å². The summed E-state index contributed by atoms with van der Waals surface area (Å²) in [5.41, 5.74) is 1.40. The molecular weight excluding hydrogens is 342 g/mol. The van der Waals surface area contributed by atoms with E-state index >= 15 is 0 Å². The van der Waals surface area contributed by atoms with Crippen molar-refractivity contribution >= 4 is 17.4 Å². The number of aliphatic hydroxyl groups excluding tert-OH is 1. The van der Waals surface area contributed by atoms with Crippen molar-refractivity contribution in [1.82, 2.24) is 14.8 Å². The molecule has 2 heterocycles. The summed E-state index contributed by atoms with van der Waals surface area (Å²) in [5.74, 6) is -1.39. The van der Waals surface area contributed by atoms with Gasteiger partial charge in [-0.2, -0.15) is 0 Å². The fourth-order valence-corrected chi connectivity index (χ4v) is 3.32. The molecule has 6 heteroatoms. The predicted molar refractivity (Wildman–Crippen MR) is 103 cm³/mol. The SMILES string of the molecule is CN(C)CCCN1C(=O)C(=O)C(=C(O)c2ccncc2)C1c1ccccc1. The Hall–Kier alpha value is -2.99. The zero-order chi connectivity index (χ0) is 19.4. The normalized spacial score (nSPS) is 19.1. The van der Waals surface area contributed by atoms with Crippen LogP contribution in [0, 0.1) is 0 Å². The minimum Gasteiger partial charge on any atom is -0.507 e. The van der Waals surface area contributed by atoms with E-state index < -0.39 is 17.7 Å². The first-order valence-corrected chi connectivity index (χ1v) is 8.89. The summed E-state index contributed by atoms with van der Waals surface area (Å²) < 4.78 is 0. The molecular formula is C21H23N3O3. The smallest absolute Gasteiger partial charge is 0.295 e. The van der Waals surface area contributed by atoms with Gasteiger partial charge in [0.1, 0.15) is 5.76 Å². The standard InChI is InChI=1S/C21H23N3O3/c1-23(2)13-6-14-24-18(15-7-4-3-5-8-15)17(20(26)21(24)27)19(25)16-9-11-22-12-10-16/h3-5,7-12,18,25H,6,13-14H2,1-2H3. The van der Waals surface area contributed by atoms with Crippen LogP contribution >= 0.6 is 0 Å². The lowest BCUT2D eigenvalue weighted by molar-refractivity contribution is -0.139. The number of aliphatic hydroxyl groups is 1. The number of ketones is 1. The topological polar surface area (TPSA) is 73.7 Å². The molecule has 0 bridgehead atoms. The van der Waals surface area contributed by atoms with Crippen LogP contribution in [0.1, 0.15) is 23.6 Å². The summed E-state index contributed by atoms with van der Waals surface area (Å²) in [6.07, 6.45) is 3.82. The fourth-order valence-electron chi connectivity index (χ4n) is 3.32. The predicted octanol–water partition coefficient (Wildman–Crippen LogP) is 2.46. The Morgan fingerprint density at radius 1 is 1.11 bits per heavy atom. The monoisotopic (exact) mass is 365 g/mol. The van der Waals surface area contributed by atoms with Crippen LogP contribution in [0.2, 0.25) is 0 Å². The average Bonchev–Trinajstić information content (AvgIpc) is 2.93. The zero-order valence-corrected chi connectivity index (χ0v) is 15.5.